The molecule has 28 heavy (non-hydrogen) atoms. The zero-order valence-corrected chi connectivity index (χ0v) is 16.9. The number of nitrogens with one attached hydrogen (secondary N) is 1. The molecule has 0 radical (unpaired) electrons. The second-order valence-electron chi connectivity index (χ2n) is 6.70. The molecule has 1 aromatic heterocycles. The van der Waals surface area contributed by atoms with Gasteiger partial charge in [-0.2, -0.15) is 4.98 Å². The number of amides is 1. The van der Waals surface area contributed by atoms with E-state index in [1.54, 1.807) is 11.1 Å². The fraction of sp³-hybridized carbons (Fsp3) is 0.476. The highest BCUT2D eigenvalue weighted by Gasteiger charge is 2.23. The summed E-state index contributed by atoms with van der Waals surface area (Å²) in [6, 6.07) is 8.30. The lowest BCUT2D eigenvalue weighted by atomic mass is 10.0. The minimum absolute atomic E-state index is 0.248. The Morgan fingerprint density at radius 3 is 2.36 bits per heavy atom. The Morgan fingerprint density at radius 2 is 1.75 bits per heavy atom. The van der Waals surface area contributed by atoms with Crippen LogP contribution in [-0.2, 0) is 17.6 Å². The van der Waals surface area contributed by atoms with Crippen molar-refractivity contribution in [1.29, 1.82) is 0 Å². The lowest BCUT2D eigenvalue weighted by Gasteiger charge is -2.34. The van der Waals surface area contributed by atoms with E-state index in [9.17, 15) is 4.79 Å². The van der Waals surface area contributed by atoms with E-state index in [0.717, 1.165) is 24.3 Å². The topological polar surface area (TPSA) is 70.6 Å². The summed E-state index contributed by atoms with van der Waals surface area (Å²) in [6.07, 6.45) is 3.46. The number of ether oxygens (including phenoxy) is 1. The zero-order valence-electron chi connectivity index (χ0n) is 16.9. The highest BCUT2D eigenvalue weighted by Crippen LogP contribution is 2.26. The molecule has 1 N–H and O–H groups in total. The molecular formula is C21H29N5O2. The molecule has 0 atom stereocenters. The van der Waals surface area contributed by atoms with Gasteiger partial charge in [0.25, 0.3) is 0 Å². The van der Waals surface area contributed by atoms with E-state index in [1.807, 2.05) is 13.0 Å². The fourth-order valence-corrected chi connectivity index (χ4v) is 3.41. The number of anilines is 3. The monoisotopic (exact) mass is 383 g/mol. The van der Waals surface area contributed by atoms with Gasteiger partial charge >= 0.3 is 6.09 Å². The molecule has 2 aromatic rings. The summed E-state index contributed by atoms with van der Waals surface area (Å²) in [4.78, 5) is 24.9. The average Bonchev–Trinajstić information content (AvgIpc) is 2.74. The number of hydrogen-bond acceptors (Lipinski definition) is 6. The molecule has 1 aromatic carbocycles. The van der Waals surface area contributed by atoms with Gasteiger partial charge in [0, 0.05) is 38.1 Å². The van der Waals surface area contributed by atoms with Gasteiger partial charge in [0.05, 0.1) is 6.61 Å². The molecule has 0 saturated carbocycles. The molecule has 0 bridgehead atoms. The largest absolute Gasteiger partial charge is 0.450 e. The fourth-order valence-electron chi connectivity index (χ4n) is 3.41. The van der Waals surface area contributed by atoms with Gasteiger partial charge in [-0.1, -0.05) is 32.0 Å². The highest BCUT2D eigenvalue weighted by atomic mass is 16.6. The summed E-state index contributed by atoms with van der Waals surface area (Å²) in [5, 5.41) is 3.50. The maximum absolute atomic E-state index is 11.9. The van der Waals surface area contributed by atoms with Crippen LogP contribution < -0.4 is 10.2 Å². The molecule has 0 aliphatic carbocycles. The molecule has 0 spiro atoms. The number of carbonyl (C=O) groups excluding carboxylic acids is 1. The van der Waals surface area contributed by atoms with Crippen LogP contribution in [0.5, 0.6) is 0 Å². The van der Waals surface area contributed by atoms with Crippen molar-refractivity contribution in [3.8, 4) is 0 Å². The summed E-state index contributed by atoms with van der Waals surface area (Å²) < 4.78 is 5.08. The predicted octanol–water partition coefficient (Wildman–Crippen LogP) is 3.62. The maximum Gasteiger partial charge on any atom is 0.409 e. The Kier molecular flexibility index (Phi) is 6.68. The summed E-state index contributed by atoms with van der Waals surface area (Å²) in [6.45, 7) is 9.14. The van der Waals surface area contributed by atoms with Crippen molar-refractivity contribution in [3.05, 3.63) is 41.6 Å². The van der Waals surface area contributed by atoms with E-state index < -0.39 is 0 Å². The normalized spacial score (nSPS) is 14.1. The molecule has 0 unspecified atom stereocenters. The smallest absolute Gasteiger partial charge is 0.409 e. The highest BCUT2D eigenvalue weighted by molar-refractivity contribution is 5.68. The Balaban J connectivity index is 1.71. The number of aryl methyl sites for hydroxylation is 2. The van der Waals surface area contributed by atoms with Gasteiger partial charge in [-0.15, -0.1) is 0 Å². The summed E-state index contributed by atoms with van der Waals surface area (Å²) in [7, 11) is 0. The minimum atomic E-state index is -0.248. The molecule has 1 aliphatic rings. The van der Waals surface area contributed by atoms with Gasteiger partial charge in [0.1, 0.15) is 5.82 Å². The molecule has 2 heterocycles. The van der Waals surface area contributed by atoms with Crippen molar-refractivity contribution in [2.45, 2.75) is 33.6 Å². The minimum Gasteiger partial charge on any atom is -0.450 e. The van der Waals surface area contributed by atoms with Gasteiger partial charge in [-0.3, -0.25) is 0 Å². The molecule has 1 saturated heterocycles. The molecule has 150 valence electrons. The van der Waals surface area contributed by atoms with Crippen molar-refractivity contribution < 1.29 is 9.53 Å². The van der Waals surface area contributed by atoms with E-state index in [-0.39, 0.29) is 6.09 Å². The molecule has 3 rings (SSSR count). The van der Waals surface area contributed by atoms with Crippen LogP contribution >= 0.6 is 0 Å². The van der Waals surface area contributed by atoms with Crippen LogP contribution in [0.4, 0.5) is 22.2 Å². The zero-order chi connectivity index (χ0) is 19.9. The summed E-state index contributed by atoms with van der Waals surface area (Å²) in [5.74, 6) is 1.47. The van der Waals surface area contributed by atoms with Crippen molar-refractivity contribution >= 4 is 23.5 Å². The molecule has 7 nitrogen and oxygen atoms in total. The van der Waals surface area contributed by atoms with Crippen LogP contribution in [0.1, 0.15) is 31.9 Å². The standard InChI is InChI=1S/C21H29N5O2/c1-4-16-8-7-9-17(5-2)19(16)23-18-10-11-22-20(24-18)25-12-14-26(15-13-25)21(27)28-6-3/h7-11H,4-6,12-15H2,1-3H3,(H,22,23,24). The number of carbonyl (C=O) groups is 1. The van der Waals surface area contributed by atoms with Gasteiger partial charge in [-0.25, -0.2) is 9.78 Å². The van der Waals surface area contributed by atoms with E-state index in [1.165, 1.54) is 11.1 Å². The van der Waals surface area contributed by atoms with Crippen LogP contribution in [0.25, 0.3) is 0 Å². The van der Waals surface area contributed by atoms with Crippen molar-refractivity contribution in [1.82, 2.24) is 14.9 Å². The number of hydrogen-bond donors (Lipinski definition) is 1. The average molecular weight is 383 g/mol. The Morgan fingerprint density at radius 1 is 1.07 bits per heavy atom. The first kappa shape index (κ1) is 19.9. The molecule has 1 aliphatic heterocycles. The number of para-hydroxylation sites is 1. The number of aromatic nitrogens is 2. The van der Waals surface area contributed by atoms with Gasteiger partial charge < -0.3 is 19.9 Å². The third kappa shape index (κ3) is 4.52. The molecular weight excluding hydrogens is 354 g/mol. The van der Waals surface area contributed by atoms with Crippen molar-refractivity contribution in [2.75, 3.05) is 43.0 Å². The van der Waals surface area contributed by atoms with Crippen molar-refractivity contribution in [3.63, 3.8) is 0 Å². The molecule has 1 amide bonds. The quantitative estimate of drug-likeness (QED) is 0.821. The molecule has 7 heteroatoms. The lowest BCUT2D eigenvalue weighted by Crippen LogP contribution is -2.49. The summed E-state index contributed by atoms with van der Waals surface area (Å²) >= 11 is 0. The second-order valence-corrected chi connectivity index (χ2v) is 6.70. The van der Waals surface area contributed by atoms with Crippen LogP contribution in [0.15, 0.2) is 30.5 Å². The van der Waals surface area contributed by atoms with E-state index >= 15 is 0 Å². The predicted molar refractivity (Wildman–Crippen MR) is 111 cm³/mol. The second kappa shape index (κ2) is 9.39. The Hall–Kier alpha value is -2.83. The van der Waals surface area contributed by atoms with Crippen LogP contribution in [0.2, 0.25) is 0 Å². The van der Waals surface area contributed by atoms with Crippen LogP contribution in [0, 0.1) is 0 Å². The number of benzene rings is 1. The van der Waals surface area contributed by atoms with Crippen LogP contribution in [-0.4, -0.2) is 53.7 Å². The Labute approximate surface area is 166 Å². The number of nitrogens with zero attached hydrogens (tertiary/aromatic N) is 4. The SMILES string of the molecule is CCOC(=O)N1CCN(c2nccc(Nc3c(CC)cccc3CC)n2)CC1. The third-order valence-electron chi connectivity index (χ3n) is 4.98. The van der Waals surface area contributed by atoms with Crippen molar-refractivity contribution in [2.24, 2.45) is 0 Å². The van der Waals surface area contributed by atoms with Gasteiger partial charge in [0.2, 0.25) is 5.95 Å². The maximum atomic E-state index is 11.9. The lowest BCUT2D eigenvalue weighted by molar-refractivity contribution is 0.105. The van der Waals surface area contributed by atoms with E-state index in [0.29, 0.717) is 38.7 Å². The first-order chi connectivity index (χ1) is 13.7. The number of piperazine rings is 1. The van der Waals surface area contributed by atoms with Crippen LogP contribution in [0.3, 0.4) is 0 Å². The number of rotatable bonds is 6. The first-order valence-corrected chi connectivity index (χ1v) is 10.0. The van der Waals surface area contributed by atoms with E-state index in [4.69, 9.17) is 9.72 Å². The van der Waals surface area contributed by atoms with Gasteiger partial charge in [0.15, 0.2) is 0 Å². The van der Waals surface area contributed by atoms with Gasteiger partial charge in [-0.05, 0) is 37.0 Å². The first-order valence-electron chi connectivity index (χ1n) is 10.0. The third-order valence-corrected chi connectivity index (χ3v) is 4.98. The van der Waals surface area contributed by atoms with E-state index in [2.05, 4.69) is 47.2 Å². The summed E-state index contributed by atoms with van der Waals surface area (Å²) in [5.41, 5.74) is 3.70. The molecule has 1 fully saturated rings. The Bertz CT molecular complexity index is 781.